The second-order valence-corrected chi connectivity index (χ2v) is 10.5. The van der Waals surface area contributed by atoms with Gasteiger partial charge in [0.05, 0.1) is 11.4 Å². The maximum atomic E-state index is 12.0. The number of nitrogens with zero attached hydrogens (tertiary/aromatic N) is 1. The zero-order chi connectivity index (χ0) is 19.4. The molecule has 1 aliphatic carbocycles. The number of rotatable bonds is 7. The van der Waals surface area contributed by atoms with E-state index in [4.69, 9.17) is 0 Å². The fourth-order valence-electron chi connectivity index (χ4n) is 3.88. The van der Waals surface area contributed by atoms with Crippen LogP contribution >= 0.6 is 0 Å². The van der Waals surface area contributed by atoms with Crippen LogP contribution in [0.3, 0.4) is 0 Å². The van der Waals surface area contributed by atoms with Crippen LogP contribution in [0.15, 0.2) is 24.3 Å². The van der Waals surface area contributed by atoms with Crippen molar-refractivity contribution in [3.8, 4) is 0 Å². The molecule has 0 bridgehead atoms. The second-order valence-electron chi connectivity index (χ2n) is 8.25. The Morgan fingerprint density at radius 2 is 1.78 bits per heavy atom. The third kappa shape index (κ3) is 5.59. The Morgan fingerprint density at radius 3 is 2.33 bits per heavy atom. The first-order chi connectivity index (χ1) is 12.8. The summed E-state index contributed by atoms with van der Waals surface area (Å²) in [6, 6.07) is 8.50. The summed E-state index contributed by atoms with van der Waals surface area (Å²) in [5.74, 6) is 0.582. The summed E-state index contributed by atoms with van der Waals surface area (Å²) in [5, 5.41) is 12.8. The van der Waals surface area contributed by atoms with Gasteiger partial charge in [-0.2, -0.15) is 0 Å². The van der Waals surface area contributed by atoms with Crippen molar-refractivity contribution >= 4 is 21.4 Å². The number of nitrogens with one attached hydrogen (secondary N) is 2. The summed E-state index contributed by atoms with van der Waals surface area (Å²) in [4.78, 5) is 2.22. The minimum Gasteiger partial charge on any atom is -0.391 e. The highest BCUT2D eigenvalue weighted by molar-refractivity contribution is 7.90. The van der Waals surface area contributed by atoms with Crippen LogP contribution in [0.5, 0.6) is 0 Å². The number of aliphatic hydroxyl groups is 1. The van der Waals surface area contributed by atoms with Gasteiger partial charge in [0, 0.05) is 37.1 Å². The molecule has 1 aromatic carbocycles. The Kier molecular flexibility index (Phi) is 6.65. The molecule has 1 atom stereocenters. The van der Waals surface area contributed by atoms with E-state index in [9.17, 15) is 13.5 Å². The highest BCUT2D eigenvalue weighted by Crippen LogP contribution is 2.26. The van der Waals surface area contributed by atoms with Crippen LogP contribution in [0.25, 0.3) is 0 Å². The summed E-state index contributed by atoms with van der Waals surface area (Å²) < 4.78 is 26.8. The largest absolute Gasteiger partial charge is 0.391 e. The molecule has 1 heterocycles. The molecule has 3 N–H and O–H groups in total. The summed E-state index contributed by atoms with van der Waals surface area (Å²) >= 11 is 0. The smallest absolute Gasteiger partial charge is 0.214 e. The van der Waals surface area contributed by atoms with Gasteiger partial charge in [0.25, 0.3) is 0 Å². The Labute approximate surface area is 163 Å². The van der Waals surface area contributed by atoms with E-state index in [-0.39, 0.29) is 17.4 Å². The van der Waals surface area contributed by atoms with Crippen LogP contribution < -0.4 is 14.9 Å². The third-order valence-corrected chi connectivity index (χ3v) is 7.69. The standard InChI is InChI=1S/C20H33N3O3S/c1-15(2)27(25,26)22-18-5-3-16(4-6-18)13-21-17-7-9-19(10-8-17)23-12-11-20(24)14-23/h7-10,15-16,18,20-22,24H,3-6,11-14H2,1-2H3. The molecule has 1 unspecified atom stereocenters. The van der Waals surface area contributed by atoms with Crippen molar-refractivity contribution in [3.63, 3.8) is 0 Å². The van der Waals surface area contributed by atoms with Gasteiger partial charge in [-0.05, 0) is 76.1 Å². The Morgan fingerprint density at radius 1 is 1.11 bits per heavy atom. The zero-order valence-electron chi connectivity index (χ0n) is 16.4. The topological polar surface area (TPSA) is 81.7 Å². The lowest BCUT2D eigenvalue weighted by Crippen LogP contribution is -2.41. The summed E-state index contributed by atoms with van der Waals surface area (Å²) in [7, 11) is -3.17. The van der Waals surface area contributed by atoms with Crippen molar-refractivity contribution in [3.05, 3.63) is 24.3 Å². The van der Waals surface area contributed by atoms with Crippen LogP contribution in [0.2, 0.25) is 0 Å². The lowest BCUT2D eigenvalue weighted by Gasteiger charge is -2.29. The molecular weight excluding hydrogens is 362 g/mol. The summed E-state index contributed by atoms with van der Waals surface area (Å²) in [6.45, 7) is 5.99. The van der Waals surface area contributed by atoms with Gasteiger partial charge in [-0.3, -0.25) is 0 Å². The summed E-state index contributed by atoms with van der Waals surface area (Å²) in [6.07, 6.45) is 4.55. The highest BCUT2D eigenvalue weighted by Gasteiger charge is 2.26. The lowest BCUT2D eigenvalue weighted by molar-refractivity contribution is 0.198. The quantitative estimate of drug-likeness (QED) is 0.661. The maximum Gasteiger partial charge on any atom is 0.214 e. The van der Waals surface area contributed by atoms with E-state index in [0.29, 0.717) is 5.92 Å². The van der Waals surface area contributed by atoms with E-state index in [1.165, 1.54) is 0 Å². The normalized spacial score (nSPS) is 26.5. The molecule has 1 aliphatic heterocycles. The van der Waals surface area contributed by atoms with Gasteiger partial charge < -0.3 is 15.3 Å². The molecule has 27 heavy (non-hydrogen) atoms. The van der Waals surface area contributed by atoms with Crippen molar-refractivity contribution < 1.29 is 13.5 Å². The zero-order valence-corrected chi connectivity index (χ0v) is 17.2. The number of sulfonamides is 1. The van der Waals surface area contributed by atoms with Crippen molar-refractivity contribution in [2.24, 2.45) is 5.92 Å². The number of β-amino-alcohol motifs (C(OH)–C–C–N with tert-alkyl or cyclic N) is 1. The van der Waals surface area contributed by atoms with E-state index in [1.54, 1.807) is 13.8 Å². The van der Waals surface area contributed by atoms with E-state index in [1.807, 2.05) is 0 Å². The minimum absolute atomic E-state index is 0.0868. The second kappa shape index (κ2) is 8.80. The van der Waals surface area contributed by atoms with E-state index in [2.05, 4.69) is 39.2 Å². The molecule has 7 heteroatoms. The van der Waals surface area contributed by atoms with Crippen LogP contribution in [-0.4, -0.2) is 50.6 Å². The SMILES string of the molecule is CC(C)S(=O)(=O)NC1CCC(CNc2ccc(N3CCC(O)C3)cc2)CC1. The minimum atomic E-state index is -3.17. The van der Waals surface area contributed by atoms with Crippen LogP contribution in [-0.2, 0) is 10.0 Å². The fourth-order valence-corrected chi connectivity index (χ4v) is 4.85. The number of benzene rings is 1. The lowest BCUT2D eigenvalue weighted by atomic mass is 9.86. The molecule has 0 amide bonds. The molecule has 152 valence electrons. The van der Waals surface area contributed by atoms with Gasteiger partial charge in [-0.15, -0.1) is 0 Å². The van der Waals surface area contributed by atoms with Crippen molar-refractivity contribution in [2.75, 3.05) is 29.9 Å². The first kappa shape index (κ1) is 20.4. The van der Waals surface area contributed by atoms with Gasteiger partial charge in [0.2, 0.25) is 10.0 Å². The van der Waals surface area contributed by atoms with Crippen LogP contribution in [0.1, 0.15) is 46.0 Å². The molecule has 3 rings (SSSR count). The average molecular weight is 396 g/mol. The monoisotopic (exact) mass is 395 g/mol. The van der Waals surface area contributed by atoms with Gasteiger partial charge in [-0.25, -0.2) is 13.1 Å². The molecule has 6 nitrogen and oxygen atoms in total. The van der Waals surface area contributed by atoms with E-state index >= 15 is 0 Å². The number of anilines is 2. The predicted octanol–water partition coefficient (Wildman–Crippen LogP) is 2.56. The van der Waals surface area contributed by atoms with Crippen molar-refractivity contribution in [2.45, 2.75) is 63.3 Å². The molecule has 1 saturated carbocycles. The maximum absolute atomic E-state index is 12.0. The molecule has 1 saturated heterocycles. The number of hydrogen-bond acceptors (Lipinski definition) is 5. The third-order valence-electron chi connectivity index (χ3n) is 5.79. The first-order valence-corrected chi connectivity index (χ1v) is 11.7. The molecule has 2 aliphatic rings. The van der Waals surface area contributed by atoms with Gasteiger partial charge in [0.1, 0.15) is 0 Å². The predicted molar refractivity (Wildman–Crippen MR) is 111 cm³/mol. The molecule has 0 aromatic heterocycles. The molecule has 0 spiro atoms. The van der Waals surface area contributed by atoms with Gasteiger partial charge in [0.15, 0.2) is 0 Å². The first-order valence-electron chi connectivity index (χ1n) is 10.1. The number of aliphatic hydroxyl groups excluding tert-OH is 1. The summed E-state index contributed by atoms with van der Waals surface area (Å²) in [5.41, 5.74) is 2.27. The molecule has 0 radical (unpaired) electrons. The van der Waals surface area contributed by atoms with Crippen molar-refractivity contribution in [1.82, 2.24) is 4.72 Å². The molecule has 2 fully saturated rings. The Bertz CT molecular complexity index is 698. The molecular formula is C20H33N3O3S. The Balaban J connectivity index is 1.41. The van der Waals surface area contributed by atoms with Crippen molar-refractivity contribution in [1.29, 1.82) is 0 Å². The number of hydrogen-bond donors (Lipinski definition) is 3. The highest BCUT2D eigenvalue weighted by atomic mass is 32.2. The van der Waals surface area contributed by atoms with Crippen LogP contribution in [0, 0.1) is 5.92 Å². The average Bonchev–Trinajstić information content (AvgIpc) is 3.07. The van der Waals surface area contributed by atoms with Crippen LogP contribution in [0.4, 0.5) is 11.4 Å². The Hall–Kier alpha value is -1.31. The van der Waals surface area contributed by atoms with E-state index in [0.717, 1.165) is 63.1 Å². The molecule has 1 aromatic rings. The van der Waals surface area contributed by atoms with Gasteiger partial charge >= 0.3 is 0 Å². The van der Waals surface area contributed by atoms with Gasteiger partial charge in [-0.1, -0.05) is 0 Å². The van der Waals surface area contributed by atoms with E-state index < -0.39 is 10.0 Å². The fraction of sp³-hybridized carbons (Fsp3) is 0.700.